The number of aliphatic hydroxyl groups excluding tert-OH is 10. The first kappa shape index (κ1) is 39.8. The fourth-order valence-electron chi connectivity index (χ4n) is 6.17. The van der Waals surface area contributed by atoms with Crippen molar-refractivity contribution in [2.75, 3.05) is 13.2 Å². The first-order valence-corrected chi connectivity index (χ1v) is 16.5. The van der Waals surface area contributed by atoms with E-state index in [4.69, 9.17) is 32.8 Å². The van der Waals surface area contributed by atoms with Gasteiger partial charge in [-0.1, -0.05) is 0 Å². The van der Waals surface area contributed by atoms with Crippen molar-refractivity contribution in [2.24, 2.45) is 0 Å². The first-order valence-electron chi connectivity index (χ1n) is 16.5. The SMILES string of the molecule is C[C@H]1O[C@@H](OC[C@H]2O[C@@H](Oc3cc4c(=O)cc(O[C@@H]5O[C@H](CO)[C@@H](O)[C@H](O)[C@H]5O)cc-4oc3-c3cc(O)c(O)c(O)c3)[C@H](O)[C@@H](O)[C@@H]2O)[C@@H](O)[C@@H](O)[C@@H]1O. The highest BCUT2D eigenvalue weighted by molar-refractivity contribution is 5.75. The summed E-state index contributed by atoms with van der Waals surface area (Å²) in [5, 5.41) is 133. The zero-order chi connectivity index (χ0) is 39.3. The average Bonchev–Trinajstić information content (AvgIpc) is 3.14. The molecule has 0 saturated carbocycles. The van der Waals surface area contributed by atoms with Crippen molar-refractivity contribution in [3.05, 3.63) is 40.6 Å². The van der Waals surface area contributed by atoms with E-state index in [2.05, 4.69) is 0 Å². The molecule has 3 fully saturated rings. The lowest BCUT2D eigenvalue weighted by Crippen LogP contribution is -2.61. The van der Waals surface area contributed by atoms with Crippen molar-refractivity contribution in [1.29, 1.82) is 0 Å². The Balaban J connectivity index is 1.32. The van der Waals surface area contributed by atoms with Gasteiger partial charge in [-0.3, -0.25) is 4.79 Å². The van der Waals surface area contributed by atoms with E-state index >= 15 is 0 Å². The summed E-state index contributed by atoms with van der Waals surface area (Å²) >= 11 is 0. The molecule has 4 aliphatic heterocycles. The molecule has 15 atom stereocenters. The van der Waals surface area contributed by atoms with E-state index in [0.717, 1.165) is 30.3 Å². The van der Waals surface area contributed by atoms with Crippen LogP contribution in [0.3, 0.4) is 0 Å². The third-order valence-electron chi connectivity index (χ3n) is 9.37. The second kappa shape index (κ2) is 15.7. The number of phenols is 3. The lowest BCUT2D eigenvalue weighted by molar-refractivity contribution is -0.318. The molecule has 0 bridgehead atoms. The monoisotopic (exact) mass is 772 g/mol. The van der Waals surface area contributed by atoms with Crippen molar-refractivity contribution < 1.29 is 99.2 Å². The van der Waals surface area contributed by atoms with Crippen LogP contribution in [-0.2, 0) is 18.9 Å². The van der Waals surface area contributed by atoms with Crippen molar-refractivity contribution >= 4 is 0 Å². The molecule has 1 aromatic carbocycles. The summed E-state index contributed by atoms with van der Waals surface area (Å²) in [4.78, 5) is 13.4. The molecule has 0 unspecified atom stereocenters. The molecule has 0 radical (unpaired) electrons. The van der Waals surface area contributed by atoms with Gasteiger partial charge in [-0.2, -0.15) is 0 Å². The smallest absolute Gasteiger partial charge is 0.229 e. The van der Waals surface area contributed by atoms with Gasteiger partial charge in [0.1, 0.15) is 78.7 Å². The fraction of sp³-hybridized carbons (Fsp3) is 0.545. The number of aromatic hydroxyl groups is 3. The molecule has 0 amide bonds. The van der Waals surface area contributed by atoms with E-state index in [-0.39, 0.29) is 28.4 Å². The molecular formula is C33H40O21. The summed E-state index contributed by atoms with van der Waals surface area (Å²) in [6.07, 6.45) is -24.7. The third-order valence-corrected chi connectivity index (χ3v) is 9.37. The molecule has 13 N–H and O–H groups in total. The third kappa shape index (κ3) is 7.52. The summed E-state index contributed by atoms with van der Waals surface area (Å²) < 4.78 is 39.3. The first-order chi connectivity index (χ1) is 25.5. The zero-order valence-corrected chi connectivity index (χ0v) is 28.0. The minimum Gasteiger partial charge on any atom is -0.504 e. The highest BCUT2D eigenvalue weighted by atomic mass is 16.7. The minimum atomic E-state index is -1.98. The van der Waals surface area contributed by atoms with Crippen molar-refractivity contribution in [1.82, 2.24) is 0 Å². The van der Waals surface area contributed by atoms with Gasteiger partial charge >= 0.3 is 0 Å². The van der Waals surface area contributed by atoms with Gasteiger partial charge in [0.05, 0.1) is 24.9 Å². The van der Waals surface area contributed by atoms with Crippen LogP contribution in [0.2, 0.25) is 0 Å². The number of rotatable bonds is 9. The summed E-state index contributed by atoms with van der Waals surface area (Å²) in [5.74, 6) is -3.88. The van der Waals surface area contributed by atoms with E-state index in [0.29, 0.717) is 0 Å². The number of fused-ring (bicyclic) bond motifs is 1. The second-order valence-electron chi connectivity index (χ2n) is 13.1. The molecule has 298 valence electrons. The lowest BCUT2D eigenvalue weighted by atomic mass is 9.98. The Morgan fingerprint density at radius 1 is 0.630 bits per heavy atom. The Kier molecular flexibility index (Phi) is 11.5. The number of aliphatic hydroxyl groups is 10. The lowest BCUT2D eigenvalue weighted by Gasteiger charge is -2.42. The van der Waals surface area contributed by atoms with Gasteiger partial charge in [0.25, 0.3) is 0 Å². The van der Waals surface area contributed by atoms with Gasteiger partial charge in [0, 0.05) is 17.7 Å². The molecule has 4 heterocycles. The van der Waals surface area contributed by atoms with E-state index in [1.165, 1.54) is 6.92 Å². The molecule has 21 nitrogen and oxygen atoms in total. The number of benzene rings is 2. The van der Waals surface area contributed by atoms with E-state index in [1.807, 2.05) is 0 Å². The van der Waals surface area contributed by atoms with Gasteiger partial charge in [0.15, 0.2) is 40.5 Å². The molecular weight excluding hydrogens is 732 g/mol. The van der Waals surface area contributed by atoms with Gasteiger partial charge in [-0.25, -0.2) is 0 Å². The van der Waals surface area contributed by atoms with Crippen molar-refractivity contribution in [3.8, 4) is 51.4 Å². The minimum absolute atomic E-state index is 0.184. The Labute approximate surface area is 303 Å². The molecule has 6 rings (SSSR count). The Hall–Kier alpha value is -3.91. The molecule has 1 aromatic rings. The number of hydrogen-bond donors (Lipinski definition) is 13. The predicted octanol–water partition coefficient (Wildman–Crippen LogP) is -4.26. The Morgan fingerprint density at radius 2 is 1.19 bits per heavy atom. The van der Waals surface area contributed by atoms with Gasteiger partial charge in [-0.15, -0.1) is 0 Å². The maximum Gasteiger partial charge on any atom is 0.229 e. The molecule has 0 spiro atoms. The average molecular weight is 773 g/mol. The summed E-state index contributed by atoms with van der Waals surface area (Å²) in [6.45, 7) is 0.0323. The normalized spacial score (nSPS) is 37.3. The number of phenolic OH excluding ortho intramolecular Hbond substituents is 3. The van der Waals surface area contributed by atoms with Crippen LogP contribution in [0.1, 0.15) is 6.92 Å². The van der Waals surface area contributed by atoms with Crippen LogP contribution in [-0.4, -0.2) is 172 Å². The maximum atomic E-state index is 13.4. The van der Waals surface area contributed by atoms with Crippen molar-refractivity contribution in [2.45, 2.75) is 99.0 Å². The number of hydrogen-bond acceptors (Lipinski definition) is 21. The Bertz CT molecular complexity index is 1780. The van der Waals surface area contributed by atoms with Crippen LogP contribution in [0.4, 0.5) is 0 Å². The largest absolute Gasteiger partial charge is 0.504 e. The van der Waals surface area contributed by atoms with Crippen LogP contribution < -0.4 is 14.9 Å². The molecule has 54 heavy (non-hydrogen) atoms. The molecule has 5 aliphatic rings. The highest BCUT2D eigenvalue weighted by Gasteiger charge is 2.48. The van der Waals surface area contributed by atoms with Crippen LogP contribution in [0, 0.1) is 0 Å². The molecule has 21 heteroatoms. The van der Waals surface area contributed by atoms with Gasteiger partial charge in [-0.05, 0) is 25.1 Å². The quantitative estimate of drug-likeness (QED) is 0.0916. The fourth-order valence-corrected chi connectivity index (χ4v) is 6.17. The van der Waals surface area contributed by atoms with Crippen LogP contribution >= 0.6 is 0 Å². The molecule has 3 saturated heterocycles. The van der Waals surface area contributed by atoms with Crippen LogP contribution in [0.5, 0.6) is 28.7 Å². The van der Waals surface area contributed by atoms with Gasteiger partial charge in [0.2, 0.25) is 12.6 Å². The van der Waals surface area contributed by atoms with E-state index < -0.39 is 134 Å². The van der Waals surface area contributed by atoms with Crippen molar-refractivity contribution in [3.63, 3.8) is 0 Å². The zero-order valence-electron chi connectivity index (χ0n) is 28.0. The van der Waals surface area contributed by atoms with E-state index in [9.17, 15) is 71.2 Å². The maximum absolute atomic E-state index is 13.4. The standard InChI is InChI=1S/C33H40O21/c1-9-20(38)24(42)27(45)31(49-9)48-8-19-23(41)26(44)29(47)33(54-19)52-17-6-12-13(35)4-11(50-32-28(46)25(43)22(40)18(7-34)53-32)5-16(12)51-30(17)10-2-14(36)21(39)15(37)3-10/h2-6,9,18-20,22-29,31-34,36-47H,7-8H2,1H3/t9-,18-,19-,20-,22-,23-,24+,25+,26+,27+,28-,29-,31-,32-,33-/m1/s1. The summed E-state index contributed by atoms with van der Waals surface area (Å²) in [5.41, 5.74) is -1.20. The summed E-state index contributed by atoms with van der Waals surface area (Å²) in [6, 6.07) is 5.04. The van der Waals surface area contributed by atoms with Crippen LogP contribution in [0.25, 0.3) is 22.6 Å². The predicted molar refractivity (Wildman–Crippen MR) is 172 cm³/mol. The number of ether oxygens (including phenoxy) is 6. The highest BCUT2D eigenvalue weighted by Crippen LogP contribution is 2.44. The summed E-state index contributed by atoms with van der Waals surface area (Å²) in [7, 11) is 0. The Morgan fingerprint density at radius 3 is 1.81 bits per heavy atom. The van der Waals surface area contributed by atoms with E-state index in [1.54, 1.807) is 0 Å². The second-order valence-corrected chi connectivity index (χ2v) is 13.1. The topological polar surface area (TPSA) is 349 Å². The molecule has 0 aromatic heterocycles. The van der Waals surface area contributed by atoms with Gasteiger partial charge < -0.3 is 99.2 Å². The molecule has 1 aliphatic carbocycles. The van der Waals surface area contributed by atoms with Crippen LogP contribution in [0.15, 0.2) is 39.5 Å².